The average Bonchev–Trinajstić information content (AvgIpc) is 3.37. The number of ether oxygens (including phenoxy) is 4. The number of aromatic nitrogens is 1. The van der Waals surface area contributed by atoms with Gasteiger partial charge in [-0.05, 0) is 105 Å². The van der Waals surface area contributed by atoms with Crippen LogP contribution in [0.25, 0.3) is 6.08 Å². The number of halogens is 2. The van der Waals surface area contributed by atoms with Gasteiger partial charge < -0.3 is 18.9 Å². The molecule has 1 aliphatic heterocycles. The second-order valence-electron chi connectivity index (χ2n) is 10.5. The largest absolute Gasteiger partial charge is 0.497 e. The second kappa shape index (κ2) is 15.3. The molecule has 0 N–H and O–H groups in total. The first-order valence-electron chi connectivity index (χ1n) is 14.9. The molecule has 1 aliphatic rings. The van der Waals surface area contributed by atoms with E-state index in [2.05, 4.69) is 31.9 Å². The first-order valence-corrected chi connectivity index (χ1v) is 17.3. The standard InChI is InChI=1S/C34H31Br2N3O8S/c1-5-7-26-29(33(41)46-6-2)30(23-17-22(44-3)12-13-27(23)45-4)38-32(40)28(48-34(38)37-26)16-20-14-24(35)31(25(36)15-20)47-18-19-8-10-21(11-9-19)39(42)43/h8-17,30H,5-7,18H2,1-4H3/b28-16-/t30-/m1/s1. The number of hydrogen-bond acceptors (Lipinski definition) is 10. The van der Waals surface area contributed by atoms with Crippen LogP contribution in [0.3, 0.4) is 0 Å². The Bertz CT molecular complexity index is 2070. The van der Waals surface area contributed by atoms with Gasteiger partial charge >= 0.3 is 5.97 Å². The number of rotatable bonds is 12. The molecule has 0 amide bonds. The van der Waals surface area contributed by atoms with Gasteiger partial charge in [0.2, 0.25) is 0 Å². The topological polar surface area (TPSA) is 131 Å². The third kappa shape index (κ3) is 7.25. The molecule has 0 unspecified atom stereocenters. The Balaban J connectivity index is 1.60. The Kier molecular flexibility index (Phi) is 11.2. The lowest BCUT2D eigenvalue weighted by Crippen LogP contribution is -2.40. The van der Waals surface area contributed by atoms with Crippen LogP contribution >= 0.6 is 43.2 Å². The molecule has 0 spiro atoms. The summed E-state index contributed by atoms with van der Waals surface area (Å²) in [7, 11) is 3.08. The van der Waals surface area contributed by atoms with Crippen molar-refractivity contribution in [1.82, 2.24) is 4.57 Å². The molecular formula is C34H31Br2N3O8S. The highest BCUT2D eigenvalue weighted by Gasteiger charge is 2.36. The molecule has 0 radical (unpaired) electrons. The molecule has 4 aromatic rings. The fourth-order valence-electron chi connectivity index (χ4n) is 5.29. The molecule has 0 bridgehead atoms. The Hall–Kier alpha value is -4.27. The van der Waals surface area contributed by atoms with Crippen molar-refractivity contribution in [3.63, 3.8) is 0 Å². The summed E-state index contributed by atoms with van der Waals surface area (Å²) in [5, 5.41) is 11.0. The van der Waals surface area contributed by atoms with E-state index in [-0.39, 0.29) is 30.0 Å². The van der Waals surface area contributed by atoms with Crippen LogP contribution in [0.1, 0.15) is 49.4 Å². The fraction of sp³-hybridized carbons (Fsp3) is 0.265. The molecule has 5 rings (SSSR count). The molecule has 250 valence electrons. The number of fused-ring (bicyclic) bond motifs is 1. The van der Waals surface area contributed by atoms with Crippen LogP contribution in [0.5, 0.6) is 17.2 Å². The minimum atomic E-state index is -0.872. The van der Waals surface area contributed by atoms with Gasteiger partial charge in [0, 0.05) is 17.7 Å². The van der Waals surface area contributed by atoms with Gasteiger partial charge in [0.1, 0.15) is 29.9 Å². The van der Waals surface area contributed by atoms with Crippen LogP contribution in [0, 0.1) is 10.1 Å². The molecule has 11 nitrogen and oxygen atoms in total. The van der Waals surface area contributed by atoms with E-state index in [1.807, 2.05) is 19.1 Å². The summed E-state index contributed by atoms with van der Waals surface area (Å²) < 4.78 is 25.9. The minimum absolute atomic E-state index is 0.00315. The fourth-order valence-corrected chi connectivity index (χ4v) is 7.76. The van der Waals surface area contributed by atoms with Crippen molar-refractivity contribution in [3.8, 4) is 17.2 Å². The number of allylic oxidation sites excluding steroid dienone is 1. The van der Waals surface area contributed by atoms with E-state index in [0.717, 1.165) is 12.0 Å². The summed E-state index contributed by atoms with van der Waals surface area (Å²) in [5.41, 5.74) is 2.53. The number of nitro groups is 1. The lowest BCUT2D eigenvalue weighted by Gasteiger charge is -2.27. The van der Waals surface area contributed by atoms with E-state index in [0.29, 0.717) is 58.8 Å². The van der Waals surface area contributed by atoms with Crippen LogP contribution in [-0.2, 0) is 16.1 Å². The summed E-state index contributed by atoms with van der Waals surface area (Å²) in [6.45, 7) is 4.07. The number of esters is 1. The number of thiazole rings is 1. The molecule has 14 heteroatoms. The molecule has 0 fully saturated rings. The monoisotopic (exact) mass is 799 g/mol. The van der Waals surface area contributed by atoms with E-state index in [1.54, 1.807) is 50.4 Å². The number of benzene rings is 3. The quantitative estimate of drug-likeness (QED) is 0.0890. The number of nitro benzene ring substituents is 1. The molecule has 0 saturated carbocycles. The summed E-state index contributed by atoms with van der Waals surface area (Å²) >= 11 is 8.38. The van der Waals surface area contributed by atoms with Crippen molar-refractivity contribution >= 4 is 60.9 Å². The first kappa shape index (κ1) is 35.0. The Morgan fingerprint density at radius 1 is 1.06 bits per heavy atom. The summed E-state index contributed by atoms with van der Waals surface area (Å²) in [6.07, 6.45) is 2.98. The van der Waals surface area contributed by atoms with Gasteiger partial charge in [-0.1, -0.05) is 24.7 Å². The van der Waals surface area contributed by atoms with Gasteiger partial charge in [0.25, 0.3) is 11.2 Å². The van der Waals surface area contributed by atoms with E-state index in [9.17, 15) is 19.7 Å². The van der Waals surface area contributed by atoms with Crippen molar-refractivity contribution in [2.24, 2.45) is 4.99 Å². The van der Waals surface area contributed by atoms with Crippen molar-refractivity contribution in [2.75, 3.05) is 20.8 Å². The van der Waals surface area contributed by atoms with Crippen LogP contribution in [0.15, 0.2) is 84.6 Å². The highest BCUT2D eigenvalue weighted by molar-refractivity contribution is 9.11. The van der Waals surface area contributed by atoms with Crippen molar-refractivity contribution in [2.45, 2.75) is 39.3 Å². The predicted octanol–water partition coefficient (Wildman–Crippen LogP) is 6.61. The number of non-ortho nitro benzene ring substituents is 1. The van der Waals surface area contributed by atoms with E-state index >= 15 is 0 Å². The maximum Gasteiger partial charge on any atom is 0.338 e. The smallest absolute Gasteiger partial charge is 0.338 e. The third-order valence-electron chi connectivity index (χ3n) is 7.47. The zero-order chi connectivity index (χ0) is 34.5. The molecular weight excluding hydrogens is 770 g/mol. The summed E-state index contributed by atoms with van der Waals surface area (Å²) in [4.78, 5) is 43.6. The lowest BCUT2D eigenvalue weighted by atomic mass is 9.93. The zero-order valence-electron chi connectivity index (χ0n) is 26.5. The second-order valence-corrected chi connectivity index (χ2v) is 13.3. The molecule has 2 heterocycles. The Morgan fingerprint density at radius 3 is 2.38 bits per heavy atom. The van der Waals surface area contributed by atoms with Crippen molar-refractivity contribution < 1.29 is 28.7 Å². The van der Waals surface area contributed by atoms with Crippen LogP contribution < -0.4 is 29.1 Å². The molecule has 1 atom stereocenters. The van der Waals surface area contributed by atoms with Gasteiger partial charge in [0.15, 0.2) is 4.80 Å². The molecule has 0 saturated heterocycles. The van der Waals surface area contributed by atoms with E-state index in [1.165, 1.54) is 35.1 Å². The van der Waals surface area contributed by atoms with Gasteiger partial charge in [0.05, 0.1) is 50.5 Å². The molecule has 1 aromatic heterocycles. The van der Waals surface area contributed by atoms with Gasteiger partial charge in [-0.3, -0.25) is 19.5 Å². The maximum atomic E-state index is 14.3. The zero-order valence-corrected chi connectivity index (χ0v) is 30.4. The van der Waals surface area contributed by atoms with Crippen LogP contribution in [-0.4, -0.2) is 36.3 Å². The maximum absolute atomic E-state index is 14.3. The minimum Gasteiger partial charge on any atom is -0.497 e. The lowest BCUT2D eigenvalue weighted by molar-refractivity contribution is -0.384. The summed E-state index contributed by atoms with van der Waals surface area (Å²) in [6, 6.07) is 14.2. The Labute approximate surface area is 296 Å². The van der Waals surface area contributed by atoms with Crippen LogP contribution in [0.4, 0.5) is 5.69 Å². The number of methoxy groups -OCH3 is 2. The van der Waals surface area contributed by atoms with Crippen LogP contribution in [0.2, 0.25) is 0 Å². The number of hydrogen-bond donors (Lipinski definition) is 0. The number of nitrogens with zero attached hydrogens (tertiary/aromatic N) is 3. The third-order valence-corrected chi connectivity index (χ3v) is 9.63. The van der Waals surface area contributed by atoms with Gasteiger partial charge in [-0.15, -0.1) is 0 Å². The molecule has 3 aromatic carbocycles. The molecule has 0 aliphatic carbocycles. The van der Waals surface area contributed by atoms with E-state index < -0.39 is 16.9 Å². The Morgan fingerprint density at radius 2 is 1.77 bits per heavy atom. The highest BCUT2D eigenvalue weighted by atomic mass is 79.9. The molecule has 48 heavy (non-hydrogen) atoms. The van der Waals surface area contributed by atoms with Gasteiger partial charge in [-0.25, -0.2) is 9.79 Å². The SMILES string of the molecule is CCCC1=C(C(=O)OCC)[C@@H](c2cc(OC)ccc2OC)n2c(s/c(=C\c3cc(Br)c(OCc4ccc([N+](=O)[O-])cc4)c(Br)c3)c2=O)=N1. The van der Waals surface area contributed by atoms with Gasteiger partial charge in [-0.2, -0.15) is 0 Å². The van der Waals surface area contributed by atoms with Crippen molar-refractivity contribution in [1.29, 1.82) is 0 Å². The highest BCUT2D eigenvalue weighted by Crippen LogP contribution is 2.39. The number of carbonyl (C=O) groups excluding carboxylic acids is 1. The summed E-state index contributed by atoms with van der Waals surface area (Å²) in [5.74, 6) is 0.995. The van der Waals surface area contributed by atoms with Crippen molar-refractivity contribution in [3.05, 3.63) is 121 Å². The normalized spacial score (nSPS) is 14.3. The van der Waals surface area contributed by atoms with E-state index in [4.69, 9.17) is 23.9 Å². The predicted molar refractivity (Wildman–Crippen MR) is 188 cm³/mol. The average molecular weight is 802 g/mol. The number of carbonyl (C=O) groups is 1. The first-order chi connectivity index (χ1) is 23.1.